The molecule has 0 radical (unpaired) electrons. The van der Waals surface area contributed by atoms with E-state index < -0.39 is 0 Å². The lowest BCUT2D eigenvalue weighted by molar-refractivity contribution is 0.112. The summed E-state index contributed by atoms with van der Waals surface area (Å²) < 4.78 is 7.67. The Balaban J connectivity index is 1.76. The van der Waals surface area contributed by atoms with Crippen molar-refractivity contribution in [1.29, 1.82) is 0 Å². The average Bonchev–Trinajstić information content (AvgIpc) is 2.69. The number of nitrogens with zero attached hydrogens (tertiary/aromatic N) is 2. The minimum Gasteiger partial charge on any atom is -0.374 e. The van der Waals surface area contributed by atoms with Crippen molar-refractivity contribution in [3.8, 4) is 0 Å². The van der Waals surface area contributed by atoms with E-state index in [1.54, 1.807) is 13.2 Å². The highest BCUT2D eigenvalue weighted by Crippen LogP contribution is 2.24. The van der Waals surface area contributed by atoms with Crippen LogP contribution < -0.4 is 10.9 Å². The minimum absolute atomic E-state index is 0.106. The van der Waals surface area contributed by atoms with E-state index in [1.807, 2.05) is 60.7 Å². The van der Waals surface area contributed by atoms with Gasteiger partial charge in [-0.05, 0) is 27.1 Å². The summed E-state index contributed by atoms with van der Waals surface area (Å²) in [6, 6.07) is 19.9. The molecule has 1 atom stereocenters. The van der Waals surface area contributed by atoms with Crippen LogP contribution in [0.5, 0.6) is 0 Å². The predicted octanol–water partition coefficient (Wildman–Crippen LogP) is 3.91. The summed E-state index contributed by atoms with van der Waals surface area (Å²) in [5, 5.41) is 7.46. The number of ether oxygens (including phenoxy) is 1. The highest BCUT2D eigenvalue weighted by atomic mass is 79.9. The van der Waals surface area contributed by atoms with Crippen LogP contribution in [0.2, 0.25) is 0 Å². The van der Waals surface area contributed by atoms with E-state index >= 15 is 0 Å². The Hall–Kier alpha value is -2.44. The molecule has 0 amide bonds. The Morgan fingerprint density at radius 2 is 1.77 bits per heavy atom. The second-order valence-corrected chi connectivity index (χ2v) is 6.70. The summed E-state index contributed by atoms with van der Waals surface area (Å²) in [6.45, 7) is 0.988. The molecule has 5 nitrogen and oxygen atoms in total. The smallest absolute Gasteiger partial charge is 0.282 e. The Morgan fingerprint density at radius 3 is 2.46 bits per heavy atom. The van der Waals surface area contributed by atoms with Gasteiger partial charge < -0.3 is 10.1 Å². The first kappa shape index (κ1) is 18.4. The molecule has 1 unspecified atom stereocenters. The molecule has 3 rings (SSSR count). The molecule has 2 aromatic carbocycles. The summed E-state index contributed by atoms with van der Waals surface area (Å²) in [4.78, 5) is 12.1. The van der Waals surface area contributed by atoms with Gasteiger partial charge in [0.15, 0.2) is 0 Å². The van der Waals surface area contributed by atoms with Crippen molar-refractivity contribution in [3.05, 3.63) is 92.8 Å². The SMILES string of the molecule is Cn1ncc(NC(COCc2ccccc2)c2ccccc2)c(Br)c1=O. The van der Waals surface area contributed by atoms with Crippen molar-refractivity contribution >= 4 is 21.6 Å². The summed E-state index contributed by atoms with van der Waals surface area (Å²) in [5.41, 5.74) is 2.65. The zero-order chi connectivity index (χ0) is 18.4. The maximum Gasteiger partial charge on any atom is 0.282 e. The van der Waals surface area contributed by atoms with E-state index in [9.17, 15) is 4.79 Å². The third-order valence-electron chi connectivity index (χ3n) is 4.01. The lowest BCUT2D eigenvalue weighted by Gasteiger charge is -2.21. The van der Waals surface area contributed by atoms with Gasteiger partial charge in [-0.2, -0.15) is 5.10 Å². The second-order valence-electron chi connectivity index (χ2n) is 5.91. The van der Waals surface area contributed by atoms with Crippen LogP contribution in [0, 0.1) is 0 Å². The number of hydrogen-bond donors (Lipinski definition) is 1. The fourth-order valence-electron chi connectivity index (χ4n) is 2.57. The molecule has 0 saturated carbocycles. The number of nitrogens with one attached hydrogen (secondary N) is 1. The molecule has 0 bridgehead atoms. The topological polar surface area (TPSA) is 56.1 Å². The van der Waals surface area contributed by atoms with E-state index in [0.29, 0.717) is 23.4 Å². The molecule has 0 aliphatic carbocycles. The van der Waals surface area contributed by atoms with Gasteiger partial charge in [-0.15, -0.1) is 0 Å². The van der Waals surface area contributed by atoms with Crippen LogP contribution in [0.1, 0.15) is 17.2 Å². The van der Waals surface area contributed by atoms with Crippen LogP contribution >= 0.6 is 15.9 Å². The van der Waals surface area contributed by atoms with Crippen molar-refractivity contribution in [3.63, 3.8) is 0 Å². The number of hydrogen-bond acceptors (Lipinski definition) is 4. The van der Waals surface area contributed by atoms with E-state index in [4.69, 9.17) is 4.74 Å². The number of anilines is 1. The molecule has 0 saturated heterocycles. The van der Waals surface area contributed by atoms with Gasteiger partial charge in [-0.1, -0.05) is 60.7 Å². The summed E-state index contributed by atoms with van der Waals surface area (Å²) >= 11 is 3.36. The summed E-state index contributed by atoms with van der Waals surface area (Å²) in [6.07, 6.45) is 1.64. The summed E-state index contributed by atoms with van der Waals surface area (Å²) in [7, 11) is 1.62. The zero-order valence-corrected chi connectivity index (χ0v) is 16.0. The number of benzene rings is 2. The average molecular weight is 414 g/mol. The van der Waals surface area contributed by atoms with Gasteiger partial charge in [-0.25, -0.2) is 4.68 Å². The fourth-order valence-corrected chi connectivity index (χ4v) is 3.05. The van der Waals surface area contributed by atoms with Crippen LogP contribution in [-0.4, -0.2) is 16.4 Å². The van der Waals surface area contributed by atoms with Crippen molar-refractivity contribution in [1.82, 2.24) is 9.78 Å². The quantitative estimate of drug-likeness (QED) is 0.637. The molecule has 3 aromatic rings. The van der Waals surface area contributed by atoms with Crippen LogP contribution in [0.3, 0.4) is 0 Å². The third-order valence-corrected chi connectivity index (χ3v) is 4.77. The van der Waals surface area contributed by atoms with E-state index in [-0.39, 0.29) is 11.6 Å². The van der Waals surface area contributed by atoms with Gasteiger partial charge in [0, 0.05) is 7.05 Å². The van der Waals surface area contributed by atoms with Crippen molar-refractivity contribution in [2.45, 2.75) is 12.6 Å². The fraction of sp³-hybridized carbons (Fsp3) is 0.200. The Morgan fingerprint density at radius 1 is 1.12 bits per heavy atom. The molecule has 0 spiro atoms. The Kier molecular flexibility index (Phi) is 6.20. The maximum atomic E-state index is 12.1. The summed E-state index contributed by atoms with van der Waals surface area (Å²) in [5.74, 6) is 0. The van der Waals surface area contributed by atoms with Crippen molar-refractivity contribution < 1.29 is 4.74 Å². The van der Waals surface area contributed by atoms with Gasteiger partial charge >= 0.3 is 0 Å². The van der Waals surface area contributed by atoms with Gasteiger partial charge in [-0.3, -0.25) is 4.79 Å². The number of rotatable bonds is 7. The lowest BCUT2D eigenvalue weighted by atomic mass is 10.1. The van der Waals surface area contributed by atoms with Gasteiger partial charge in [0.05, 0.1) is 31.1 Å². The lowest BCUT2D eigenvalue weighted by Crippen LogP contribution is -2.24. The molecule has 1 N–H and O–H groups in total. The molecule has 1 heterocycles. The monoisotopic (exact) mass is 413 g/mol. The highest BCUT2D eigenvalue weighted by molar-refractivity contribution is 9.10. The van der Waals surface area contributed by atoms with Gasteiger partial charge in [0.2, 0.25) is 0 Å². The van der Waals surface area contributed by atoms with Crippen LogP contribution in [-0.2, 0) is 18.4 Å². The molecule has 0 fully saturated rings. The van der Waals surface area contributed by atoms with Crippen LogP contribution in [0.25, 0.3) is 0 Å². The van der Waals surface area contributed by atoms with Crippen molar-refractivity contribution in [2.75, 3.05) is 11.9 Å². The molecule has 0 aliphatic heterocycles. The number of halogens is 1. The highest BCUT2D eigenvalue weighted by Gasteiger charge is 2.15. The predicted molar refractivity (Wildman–Crippen MR) is 106 cm³/mol. The van der Waals surface area contributed by atoms with Crippen LogP contribution in [0.4, 0.5) is 5.69 Å². The molecule has 134 valence electrons. The first-order chi connectivity index (χ1) is 12.6. The molecule has 1 aromatic heterocycles. The zero-order valence-electron chi connectivity index (χ0n) is 14.4. The van der Waals surface area contributed by atoms with E-state index in [0.717, 1.165) is 11.1 Å². The molecule has 0 aliphatic rings. The largest absolute Gasteiger partial charge is 0.374 e. The molecule has 26 heavy (non-hydrogen) atoms. The van der Waals surface area contributed by atoms with E-state index in [2.05, 4.69) is 26.3 Å². The minimum atomic E-state index is -0.188. The first-order valence-electron chi connectivity index (χ1n) is 8.30. The second kappa shape index (κ2) is 8.78. The standard InChI is InChI=1S/C20H20BrN3O2/c1-24-20(25)19(21)17(12-22-24)23-18(16-10-6-3-7-11-16)14-26-13-15-8-4-2-5-9-15/h2-12,18,23H,13-14H2,1H3. The molecule has 6 heteroatoms. The Bertz CT molecular complexity index is 898. The van der Waals surface area contributed by atoms with Gasteiger partial charge in [0.25, 0.3) is 5.56 Å². The van der Waals surface area contributed by atoms with Crippen LogP contribution in [0.15, 0.2) is 76.1 Å². The molecular formula is C20H20BrN3O2. The van der Waals surface area contributed by atoms with E-state index in [1.165, 1.54) is 4.68 Å². The molecular weight excluding hydrogens is 394 g/mol. The van der Waals surface area contributed by atoms with Gasteiger partial charge in [0.1, 0.15) is 4.47 Å². The normalized spacial score (nSPS) is 11.9. The maximum absolute atomic E-state index is 12.1. The van der Waals surface area contributed by atoms with Crippen molar-refractivity contribution in [2.24, 2.45) is 7.05 Å². The third kappa shape index (κ3) is 4.59. The Labute approximate surface area is 160 Å². The number of aryl methyl sites for hydroxylation is 1. The first-order valence-corrected chi connectivity index (χ1v) is 9.09. The number of aromatic nitrogens is 2.